The van der Waals surface area contributed by atoms with Crippen LogP contribution in [-0.4, -0.2) is 28.1 Å². The minimum Gasteiger partial charge on any atom is -0.396 e. The third-order valence-corrected chi connectivity index (χ3v) is 2.85. The highest BCUT2D eigenvalue weighted by atomic mass is 16.2. The second kappa shape index (κ2) is 6.77. The van der Waals surface area contributed by atoms with Crippen LogP contribution in [0.3, 0.4) is 0 Å². The molecule has 19 heavy (non-hydrogen) atoms. The summed E-state index contributed by atoms with van der Waals surface area (Å²) in [6, 6.07) is -0.531. The van der Waals surface area contributed by atoms with Gasteiger partial charge in [-0.1, -0.05) is 19.8 Å². The average molecular weight is 267 g/mol. The molecular weight excluding hydrogens is 246 g/mol. The Labute approximate surface area is 112 Å². The van der Waals surface area contributed by atoms with Gasteiger partial charge in [0.25, 0.3) is 5.91 Å². The normalized spacial score (nSPS) is 12.1. The van der Waals surface area contributed by atoms with E-state index in [0.717, 1.165) is 19.3 Å². The van der Waals surface area contributed by atoms with Gasteiger partial charge in [0.05, 0.1) is 5.69 Å². The van der Waals surface area contributed by atoms with Crippen LogP contribution in [0.2, 0.25) is 0 Å². The fraction of sp³-hybridized carbons (Fsp3) is 0.583. The fourth-order valence-electron chi connectivity index (χ4n) is 1.65. The predicted octanol–water partition coefficient (Wildman–Crippen LogP) is 0.432. The zero-order chi connectivity index (χ0) is 14.4. The number of nitrogens with two attached hydrogens (primary N) is 2. The molecule has 7 nitrogen and oxygen atoms in total. The second-order valence-corrected chi connectivity index (χ2v) is 4.45. The highest BCUT2D eigenvalue weighted by Crippen LogP contribution is 2.13. The third-order valence-electron chi connectivity index (χ3n) is 2.85. The maximum Gasteiger partial charge on any atom is 0.271 e. The monoisotopic (exact) mass is 267 g/mol. The van der Waals surface area contributed by atoms with Gasteiger partial charge in [0.2, 0.25) is 5.91 Å². The van der Waals surface area contributed by atoms with Crippen LogP contribution in [0.1, 0.15) is 49.6 Å². The van der Waals surface area contributed by atoms with Crippen molar-refractivity contribution in [3.05, 3.63) is 11.9 Å². The van der Waals surface area contributed by atoms with Gasteiger partial charge in [0.1, 0.15) is 6.04 Å². The molecule has 0 aliphatic rings. The Kier molecular flexibility index (Phi) is 5.35. The highest BCUT2D eigenvalue weighted by molar-refractivity contribution is 5.95. The molecule has 7 heteroatoms. The number of rotatable bonds is 7. The van der Waals surface area contributed by atoms with Crippen molar-refractivity contribution < 1.29 is 9.59 Å². The number of aromatic nitrogens is 2. The van der Waals surface area contributed by atoms with E-state index < -0.39 is 11.9 Å². The van der Waals surface area contributed by atoms with E-state index in [1.54, 1.807) is 6.92 Å². The number of amides is 2. The number of primary amides is 1. The molecule has 0 saturated carbocycles. The Bertz CT molecular complexity index is 455. The lowest BCUT2D eigenvalue weighted by atomic mass is 10.2. The molecule has 5 N–H and O–H groups in total. The van der Waals surface area contributed by atoms with Gasteiger partial charge < -0.3 is 16.8 Å². The topological polar surface area (TPSA) is 116 Å². The number of hydrogen-bond acceptors (Lipinski definition) is 4. The molecule has 1 aromatic rings. The van der Waals surface area contributed by atoms with Gasteiger partial charge in [-0.25, -0.2) is 0 Å². The lowest BCUT2D eigenvalue weighted by Crippen LogP contribution is -2.32. The van der Waals surface area contributed by atoms with Crippen LogP contribution in [0.4, 0.5) is 5.69 Å². The Morgan fingerprint density at radius 2 is 2.16 bits per heavy atom. The number of carbonyl (C=O) groups is 2. The molecule has 0 aliphatic carbocycles. The number of hydrogen-bond donors (Lipinski definition) is 3. The molecule has 0 radical (unpaired) electrons. The molecule has 106 valence electrons. The Morgan fingerprint density at radius 3 is 2.68 bits per heavy atom. The molecule has 1 unspecified atom stereocenters. The van der Waals surface area contributed by atoms with Crippen LogP contribution >= 0.6 is 0 Å². The fourth-order valence-corrected chi connectivity index (χ4v) is 1.65. The first-order valence-corrected chi connectivity index (χ1v) is 6.39. The van der Waals surface area contributed by atoms with Gasteiger partial charge in [-0.15, -0.1) is 0 Å². The summed E-state index contributed by atoms with van der Waals surface area (Å²) in [5.41, 5.74) is 10.9. The smallest absolute Gasteiger partial charge is 0.271 e. The van der Waals surface area contributed by atoms with Crippen molar-refractivity contribution in [2.24, 2.45) is 5.73 Å². The van der Waals surface area contributed by atoms with Crippen LogP contribution in [0, 0.1) is 0 Å². The predicted molar refractivity (Wildman–Crippen MR) is 72.4 cm³/mol. The molecule has 1 atom stereocenters. The zero-order valence-electron chi connectivity index (χ0n) is 11.3. The zero-order valence-corrected chi connectivity index (χ0v) is 11.3. The summed E-state index contributed by atoms with van der Waals surface area (Å²) in [5, 5.41) is 6.75. The number of nitrogens with one attached hydrogen (secondary N) is 1. The molecule has 0 aliphatic heterocycles. The van der Waals surface area contributed by atoms with Gasteiger partial charge in [-0.2, -0.15) is 5.10 Å². The number of nitrogens with zero attached hydrogens (tertiary/aromatic N) is 2. The lowest BCUT2D eigenvalue weighted by Gasteiger charge is -2.12. The molecule has 1 aromatic heterocycles. The van der Waals surface area contributed by atoms with E-state index in [2.05, 4.69) is 17.3 Å². The Balaban J connectivity index is 2.61. The van der Waals surface area contributed by atoms with Gasteiger partial charge >= 0.3 is 0 Å². The lowest BCUT2D eigenvalue weighted by molar-refractivity contribution is -0.124. The maximum atomic E-state index is 11.9. The van der Waals surface area contributed by atoms with E-state index in [4.69, 9.17) is 11.5 Å². The molecule has 2 amide bonds. The van der Waals surface area contributed by atoms with E-state index in [-0.39, 0.29) is 17.3 Å². The summed E-state index contributed by atoms with van der Waals surface area (Å²) >= 11 is 0. The van der Waals surface area contributed by atoms with Crippen molar-refractivity contribution in [2.45, 2.75) is 39.2 Å². The average Bonchev–Trinajstić information content (AvgIpc) is 2.75. The third kappa shape index (κ3) is 3.97. The van der Waals surface area contributed by atoms with Crippen molar-refractivity contribution in [3.8, 4) is 0 Å². The molecular formula is C12H21N5O2. The first kappa shape index (κ1) is 15.0. The number of anilines is 1. The summed E-state index contributed by atoms with van der Waals surface area (Å²) in [4.78, 5) is 22.9. The Hall–Kier alpha value is -2.05. The molecule has 1 rings (SSSR count). The molecule has 0 saturated heterocycles. The van der Waals surface area contributed by atoms with Crippen LogP contribution < -0.4 is 16.8 Å². The quantitative estimate of drug-likeness (QED) is 0.621. The van der Waals surface area contributed by atoms with Crippen LogP contribution in [0.25, 0.3) is 0 Å². The van der Waals surface area contributed by atoms with E-state index in [1.807, 2.05) is 0 Å². The van der Waals surface area contributed by atoms with Crippen molar-refractivity contribution >= 4 is 17.5 Å². The first-order valence-electron chi connectivity index (χ1n) is 6.39. The highest BCUT2D eigenvalue weighted by Gasteiger charge is 2.19. The minimum absolute atomic E-state index is 0.00867. The molecule has 0 fully saturated rings. The Morgan fingerprint density at radius 1 is 1.47 bits per heavy atom. The summed E-state index contributed by atoms with van der Waals surface area (Å²) in [5.74, 6) is -0.860. The van der Waals surface area contributed by atoms with Gasteiger partial charge in [0, 0.05) is 12.7 Å². The van der Waals surface area contributed by atoms with Gasteiger partial charge in [-0.05, 0) is 13.3 Å². The maximum absolute atomic E-state index is 11.9. The van der Waals surface area contributed by atoms with Crippen LogP contribution in [0.5, 0.6) is 0 Å². The summed E-state index contributed by atoms with van der Waals surface area (Å²) in [7, 11) is 0. The SMILES string of the molecule is CCCCCNC(=O)C(C)n1cc(N)c(C(N)=O)n1. The number of nitrogen functional groups attached to an aromatic ring is 1. The van der Waals surface area contributed by atoms with Crippen molar-refractivity contribution in [3.63, 3.8) is 0 Å². The summed E-state index contributed by atoms with van der Waals surface area (Å²) < 4.78 is 1.35. The minimum atomic E-state index is -0.702. The molecule has 0 aromatic carbocycles. The standard InChI is InChI=1S/C12H21N5O2/c1-3-4-5-6-15-12(19)8(2)17-7-9(13)10(16-17)11(14)18/h7-8H,3-6,13H2,1-2H3,(H2,14,18)(H,15,19). The number of carbonyl (C=O) groups excluding carboxylic acids is 2. The molecule has 1 heterocycles. The van der Waals surface area contributed by atoms with E-state index in [0.29, 0.717) is 6.54 Å². The van der Waals surface area contributed by atoms with Crippen LogP contribution in [0.15, 0.2) is 6.20 Å². The van der Waals surface area contributed by atoms with E-state index >= 15 is 0 Å². The van der Waals surface area contributed by atoms with Crippen molar-refractivity contribution in [1.82, 2.24) is 15.1 Å². The van der Waals surface area contributed by atoms with E-state index in [1.165, 1.54) is 10.9 Å². The largest absolute Gasteiger partial charge is 0.396 e. The summed E-state index contributed by atoms with van der Waals surface area (Å²) in [6.07, 6.45) is 4.57. The van der Waals surface area contributed by atoms with Gasteiger partial charge in [0.15, 0.2) is 5.69 Å². The summed E-state index contributed by atoms with van der Waals surface area (Å²) in [6.45, 7) is 4.42. The van der Waals surface area contributed by atoms with Crippen LogP contribution in [-0.2, 0) is 4.79 Å². The first-order chi connectivity index (χ1) is 8.97. The van der Waals surface area contributed by atoms with Gasteiger partial charge in [-0.3, -0.25) is 14.3 Å². The van der Waals surface area contributed by atoms with Crippen molar-refractivity contribution in [2.75, 3.05) is 12.3 Å². The second-order valence-electron chi connectivity index (χ2n) is 4.45. The molecule has 0 spiro atoms. The number of unbranched alkanes of at least 4 members (excludes halogenated alkanes) is 2. The van der Waals surface area contributed by atoms with Crippen molar-refractivity contribution in [1.29, 1.82) is 0 Å². The van der Waals surface area contributed by atoms with E-state index in [9.17, 15) is 9.59 Å². The molecule has 0 bridgehead atoms.